The second kappa shape index (κ2) is 5.53. The van der Waals surface area contributed by atoms with Gasteiger partial charge in [-0.3, -0.25) is 4.99 Å². The lowest BCUT2D eigenvalue weighted by Crippen LogP contribution is -2.72. The lowest BCUT2D eigenvalue weighted by molar-refractivity contribution is -0.171. The molecule has 4 rings (SSSR count). The molecular formula is C17H25N3OS. The number of ether oxygens (including phenoxy) is 1. The molecule has 1 aliphatic heterocycles. The van der Waals surface area contributed by atoms with E-state index in [1.807, 2.05) is 18.4 Å². The zero-order chi connectivity index (χ0) is 15.2. The molecule has 3 aliphatic rings. The van der Waals surface area contributed by atoms with Crippen LogP contribution in [0, 0.1) is 18.3 Å². The van der Waals surface area contributed by atoms with Gasteiger partial charge in [0, 0.05) is 40.8 Å². The maximum Gasteiger partial charge on any atom is 0.191 e. The highest BCUT2D eigenvalue weighted by atomic mass is 32.1. The number of rotatable bonds is 3. The smallest absolute Gasteiger partial charge is 0.191 e. The highest BCUT2D eigenvalue weighted by Gasteiger charge is 2.66. The number of aliphatic imine (C=N–C) groups is 1. The van der Waals surface area contributed by atoms with Crippen molar-refractivity contribution in [2.24, 2.45) is 16.3 Å². The Morgan fingerprint density at radius 2 is 2.32 bits per heavy atom. The van der Waals surface area contributed by atoms with Crippen molar-refractivity contribution in [3.63, 3.8) is 0 Å². The summed E-state index contributed by atoms with van der Waals surface area (Å²) < 4.78 is 5.99. The predicted molar refractivity (Wildman–Crippen MR) is 90.3 cm³/mol. The molecule has 22 heavy (non-hydrogen) atoms. The molecule has 3 fully saturated rings. The maximum atomic E-state index is 5.99. The van der Waals surface area contributed by atoms with Crippen LogP contribution in [0.25, 0.3) is 0 Å². The van der Waals surface area contributed by atoms with Crippen molar-refractivity contribution in [3.05, 3.63) is 21.9 Å². The van der Waals surface area contributed by atoms with Crippen LogP contribution in [-0.2, 0) is 11.3 Å². The lowest BCUT2D eigenvalue weighted by Gasteiger charge is -2.63. The summed E-state index contributed by atoms with van der Waals surface area (Å²) in [5.41, 5.74) is 0.401. The molecule has 1 aromatic heterocycles. The zero-order valence-electron chi connectivity index (χ0n) is 13.4. The summed E-state index contributed by atoms with van der Waals surface area (Å²) in [7, 11) is 1.86. The molecule has 3 atom stereocenters. The fourth-order valence-corrected chi connectivity index (χ4v) is 5.38. The SMILES string of the molecule is CN=C(NCc1ccc(C)s1)NC1C2CCOC2C12CCC2. The molecule has 120 valence electrons. The van der Waals surface area contributed by atoms with E-state index in [1.165, 1.54) is 35.4 Å². The van der Waals surface area contributed by atoms with Crippen LogP contribution in [0.3, 0.4) is 0 Å². The second-order valence-corrected chi connectivity index (χ2v) is 8.26. The van der Waals surface area contributed by atoms with E-state index in [-0.39, 0.29) is 0 Å². The number of hydrogen-bond donors (Lipinski definition) is 2. The van der Waals surface area contributed by atoms with E-state index in [4.69, 9.17) is 4.74 Å². The minimum Gasteiger partial charge on any atom is -0.377 e. The van der Waals surface area contributed by atoms with Gasteiger partial charge < -0.3 is 15.4 Å². The zero-order valence-corrected chi connectivity index (χ0v) is 14.2. The molecule has 1 aromatic rings. The number of aryl methyl sites for hydroxylation is 1. The topological polar surface area (TPSA) is 45.7 Å². The Hall–Kier alpha value is -1.07. The third kappa shape index (κ3) is 2.17. The number of fused-ring (bicyclic) bond motifs is 2. The molecule has 0 bridgehead atoms. The Balaban J connectivity index is 1.38. The Bertz CT molecular complexity index is 578. The average Bonchev–Trinajstić information content (AvgIpc) is 3.05. The summed E-state index contributed by atoms with van der Waals surface area (Å²) in [6.07, 6.45) is 5.69. The van der Waals surface area contributed by atoms with E-state index in [2.05, 4.69) is 34.7 Å². The molecule has 1 spiro atoms. The van der Waals surface area contributed by atoms with E-state index < -0.39 is 0 Å². The highest BCUT2D eigenvalue weighted by Crippen LogP contribution is 2.62. The third-order valence-electron chi connectivity index (χ3n) is 5.78. The largest absolute Gasteiger partial charge is 0.377 e. The van der Waals surface area contributed by atoms with Crippen LogP contribution in [0.4, 0.5) is 0 Å². The monoisotopic (exact) mass is 319 g/mol. The van der Waals surface area contributed by atoms with Gasteiger partial charge in [-0.25, -0.2) is 0 Å². The third-order valence-corrected chi connectivity index (χ3v) is 6.78. The Labute approximate surface area is 136 Å². The molecule has 0 aromatic carbocycles. The summed E-state index contributed by atoms with van der Waals surface area (Å²) in [5.74, 6) is 1.62. The molecule has 2 aliphatic carbocycles. The van der Waals surface area contributed by atoms with Crippen LogP contribution in [0.2, 0.25) is 0 Å². The number of thiophene rings is 1. The first-order valence-corrected chi connectivity index (χ1v) is 9.19. The van der Waals surface area contributed by atoms with Crippen LogP contribution in [0.15, 0.2) is 17.1 Å². The maximum absolute atomic E-state index is 5.99. The van der Waals surface area contributed by atoms with Gasteiger partial charge in [0.2, 0.25) is 0 Å². The van der Waals surface area contributed by atoms with Crippen molar-refractivity contribution < 1.29 is 4.74 Å². The van der Waals surface area contributed by atoms with Crippen molar-refractivity contribution in [1.29, 1.82) is 0 Å². The number of nitrogens with one attached hydrogen (secondary N) is 2. The standard InChI is InChI=1S/C17H25N3OS/c1-11-4-5-12(22-11)10-19-16(18-2)20-14-13-6-9-21-15(13)17(14)7-3-8-17/h4-5,13-15H,3,6-10H2,1-2H3,(H2,18,19,20). The molecule has 4 nitrogen and oxygen atoms in total. The van der Waals surface area contributed by atoms with Crippen LogP contribution in [0.5, 0.6) is 0 Å². The van der Waals surface area contributed by atoms with Crippen LogP contribution in [0.1, 0.15) is 35.4 Å². The van der Waals surface area contributed by atoms with E-state index in [1.54, 1.807) is 0 Å². The average molecular weight is 319 g/mol. The summed E-state index contributed by atoms with van der Waals surface area (Å²) >= 11 is 1.84. The first kappa shape index (κ1) is 14.5. The number of hydrogen-bond acceptors (Lipinski definition) is 3. The van der Waals surface area contributed by atoms with Gasteiger partial charge in [0.25, 0.3) is 0 Å². The Morgan fingerprint density at radius 1 is 1.45 bits per heavy atom. The van der Waals surface area contributed by atoms with Gasteiger partial charge in [-0.1, -0.05) is 6.42 Å². The molecule has 2 heterocycles. The van der Waals surface area contributed by atoms with Crippen LogP contribution >= 0.6 is 11.3 Å². The summed E-state index contributed by atoms with van der Waals surface area (Å²) in [4.78, 5) is 7.14. The molecule has 3 unspecified atom stereocenters. The van der Waals surface area contributed by atoms with E-state index in [9.17, 15) is 0 Å². The van der Waals surface area contributed by atoms with Crippen molar-refractivity contribution in [1.82, 2.24) is 10.6 Å². The van der Waals surface area contributed by atoms with Crippen molar-refractivity contribution >= 4 is 17.3 Å². The van der Waals surface area contributed by atoms with E-state index in [0.717, 1.165) is 19.1 Å². The molecule has 0 amide bonds. The normalized spacial score (nSPS) is 32.3. The van der Waals surface area contributed by atoms with E-state index >= 15 is 0 Å². The van der Waals surface area contributed by atoms with Gasteiger partial charge in [0.1, 0.15) is 0 Å². The Kier molecular flexibility index (Phi) is 3.65. The molecule has 2 saturated carbocycles. The molecular weight excluding hydrogens is 294 g/mol. The van der Waals surface area contributed by atoms with Gasteiger partial charge in [-0.2, -0.15) is 0 Å². The second-order valence-electron chi connectivity index (χ2n) is 6.89. The molecule has 5 heteroatoms. The van der Waals surface area contributed by atoms with E-state index in [0.29, 0.717) is 23.5 Å². The van der Waals surface area contributed by atoms with Gasteiger partial charge >= 0.3 is 0 Å². The minimum atomic E-state index is 0.401. The van der Waals surface area contributed by atoms with Crippen LogP contribution < -0.4 is 10.6 Å². The first-order valence-electron chi connectivity index (χ1n) is 8.37. The van der Waals surface area contributed by atoms with Gasteiger partial charge in [-0.15, -0.1) is 11.3 Å². The molecule has 0 radical (unpaired) electrons. The fourth-order valence-electron chi connectivity index (χ4n) is 4.55. The van der Waals surface area contributed by atoms with Gasteiger partial charge in [-0.05, 0) is 38.3 Å². The Morgan fingerprint density at radius 3 is 2.95 bits per heavy atom. The van der Waals surface area contributed by atoms with Gasteiger partial charge in [0.05, 0.1) is 12.6 Å². The van der Waals surface area contributed by atoms with Crippen molar-refractivity contribution in [2.45, 2.75) is 51.3 Å². The van der Waals surface area contributed by atoms with Crippen molar-refractivity contribution in [3.8, 4) is 0 Å². The molecule has 2 N–H and O–H groups in total. The van der Waals surface area contributed by atoms with Gasteiger partial charge in [0.15, 0.2) is 5.96 Å². The first-order chi connectivity index (χ1) is 10.7. The van der Waals surface area contributed by atoms with Crippen molar-refractivity contribution in [2.75, 3.05) is 13.7 Å². The fraction of sp³-hybridized carbons (Fsp3) is 0.706. The predicted octanol–water partition coefficient (Wildman–Crippen LogP) is 2.68. The number of guanidine groups is 1. The minimum absolute atomic E-state index is 0.401. The quantitative estimate of drug-likeness (QED) is 0.665. The highest BCUT2D eigenvalue weighted by molar-refractivity contribution is 7.11. The molecule has 1 saturated heterocycles. The summed E-state index contributed by atoms with van der Waals surface area (Å²) in [6, 6.07) is 4.91. The van der Waals surface area contributed by atoms with Crippen LogP contribution in [-0.4, -0.2) is 31.8 Å². The summed E-state index contributed by atoms with van der Waals surface area (Å²) in [6.45, 7) is 3.94. The summed E-state index contributed by atoms with van der Waals surface area (Å²) in [5, 5.41) is 7.18. The number of nitrogens with zero attached hydrogens (tertiary/aromatic N) is 1. The lowest BCUT2D eigenvalue weighted by atomic mass is 9.46.